The number of nitrogens with zero attached hydrogens (tertiary/aromatic N) is 2. The zero-order valence-corrected chi connectivity index (χ0v) is 14.7. The Kier molecular flexibility index (Phi) is 4.72. The first-order valence-corrected chi connectivity index (χ1v) is 9.18. The Morgan fingerprint density at radius 2 is 2.15 bits per heavy atom. The quantitative estimate of drug-likeness (QED) is 0.823. The van der Waals surface area contributed by atoms with Gasteiger partial charge in [0.25, 0.3) is 5.91 Å². The monoisotopic (exact) mass is 354 g/mol. The average Bonchev–Trinajstić information content (AvgIpc) is 3.19. The van der Waals surface area contributed by atoms with Crippen molar-refractivity contribution in [2.45, 2.75) is 25.9 Å². The predicted molar refractivity (Wildman–Crippen MR) is 96.0 cm³/mol. The molecule has 2 aliphatic rings. The van der Waals surface area contributed by atoms with Gasteiger partial charge in [0.05, 0.1) is 13.2 Å². The Hall–Kier alpha value is -2.27. The lowest BCUT2D eigenvalue weighted by molar-refractivity contribution is 0.0265. The highest BCUT2D eigenvalue weighted by molar-refractivity contribution is 5.94. The van der Waals surface area contributed by atoms with E-state index in [2.05, 4.69) is 4.98 Å². The van der Waals surface area contributed by atoms with Crippen molar-refractivity contribution in [1.29, 1.82) is 0 Å². The van der Waals surface area contributed by atoms with Crippen molar-refractivity contribution in [2.75, 3.05) is 19.7 Å². The Morgan fingerprint density at radius 3 is 2.96 bits per heavy atom. The number of carbonyl (C=O) groups excluding carboxylic acids is 1. The van der Waals surface area contributed by atoms with Crippen LogP contribution in [0.15, 0.2) is 48.8 Å². The summed E-state index contributed by atoms with van der Waals surface area (Å²) in [6, 6.07) is 9.88. The topological polar surface area (TPSA) is 42.4 Å². The Labute approximate surface area is 153 Å². The lowest BCUT2D eigenvalue weighted by atomic mass is 9.81. The molecule has 1 aromatic heterocycles. The molecule has 4 nitrogen and oxygen atoms in total. The second-order valence-corrected chi connectivity index (χ2v) is 7.50. The van der Waals surface area contributed by atoms with Crippen molar-refractivity contribution >= 4 is 5.91 Å². The first-order chi connectivity index (χ1) is 12.7. The second-order valence-electron chi connectivity index (χ2n) is 7.50. The van der Waals surface area contributed by atoms with E-state index in [-0.39, 0.29) is 17.1 Å². The smallest absolute Gasteiger partial charge is 0.253 e. The minimum Gasteiger partial charge on any atom is -0.376 e. The summed E-state index contributed by atoms with van der Waals surface area (Å²) < 4.78 is 19.5. The van der Waals surface area contributed by atoms with E-state index in [1.807, 2.05) is 17.0 Å². The molecule has 2 atom stereocenters. The highest BCUT2D eigenvalue weighted by Gasteiger charge is 2.50. The molecule has 1 aliphatic carbocycles. The van der Waals surface area contributed by atoms with E-state index in [0.717, 1.165) is 24.9 Å². The number of hydrogen-bond acceptors (Lipinski definition) is 3. The van der Waals surface area contributed by atoms with Crippen LogP contribution in [0.4, 0.5) is 4.39 Å². The molecule has 1 aromatic carbocycles. The van der Waals surface area contributed by atoms with Crippen LogP contribution < -0.4 is 0 Å². The van der Waals surface area contributed by atoms with Gasteiger partial charge in [0.15, 0.2) is 0 Å². The van der Waals surface area contributed by atoms with Gasteiger partial charge >= 0.3 is 0 Å². The van der Waals surface area contributed by atoms with Gasteiger partial charge in [-0.3, -0.25) is 9.78 Å². The van der Waals surface area contributed by atoms with Crippen molar-refractivity contribution in [1.82, 2.24) is 9.88 Å². The largest absolute Gasteiger partial charge is 0.376 e. The highest BCUT2D eigenvalue weighted by atomic mass is 19.1. The molecule has 0 radical (unpaired) electrons. The van der Waals surface area contributed by atoms with Gasteiger partial charge in [0.2, 0.25) is 0 Å². The number of hydrogen-bond donors (Lipinski definition) is 0. The summed E-state index contributed by atoms with van der Waals surface area (Å²) in [5, 5.41) is 0. The number of aromatic nitrogens is 1. The van der Waals surface area contributed by atoms with Crippen molar-refractivity contribution in [3.63, 3.8) is 0 Å². The third-order valence-corrected chi connectivity index (χ3v) is 5.81. The van der Waals surface area contributed by atoms with Crippen LogP contribution in [0.5, 0.6) is 0 Å². The molecule has 1 amide bonds. The molecule has 0 N–H and O–H groups in total. The number of halogens is 1. The molecule has 2 fully saturated rings. The van der Waals surface area contributed by atoms with Gasteiger partial charge in [0.1, 0.15) is 5.82 Å². The third kappa shape index (κ3) is 3.36. The number of carbonyl (C=O) groups is 1. The van der Waals surface area contributed by atoms with E-state index in [1.165, 1.54) is 18.6 Å². The number of rotatable bonds is 5. The molecular formula is C21H23FN2O2. The number of benzene rings is 1. The van der Waals surface area contributed by atoms with Gasteiger partial charge in [-0.25, -0.2) is 4.39 Å². The number of ether oxygens (including phenoxy) is 1. The zero-order chi connectivity index (χ0) is 18.0. The number of fused-ring (bicyclic) bond motifs is 1. The molecular weight excluding hydrogens is 331 g/mol. The third-order valence-electron chi connectivity index (χ3n) is 5.81. The average molecular weight is 354 g/mol. The molecule has 4 rings (SSSR count). The molecule has 5 heteroatoms. The first-order valence-electron chi connectivity index (χ1n) is 9.18. The lowest BCUT2D eigenvalue weighted by Gasteiger charge is -2.28. The maximum Gasteiger partial charge on any atom is 0.253 e. The van der Waals surface area contributed by atoms with Crippen LogP contribution in [0, 0.1) is 17.2 Å². The normalized spacial score (nSPS) is 24.7. The second kappa shape index (κ2) is 7.16. The maximum atomic E-state index is 13.5. The van der Waals surface area contributed by atoms with E-state index in [1.54, 1.807) is 24.5 Å². The summed E-state index contributed by atoms with van der Waals surface area (Å²) in [5.74, 6) is 0.0236. The Balaban J connectivity index is 1.42. The van der Waals surface area contributed by atoms with Crippen molar-refractivity contribution < 1.29 is 13.9 Å². The summed E-state index contributed by atoms with van der Waals surface area (Å²) in [6.07, 6.45) is 6.94. The van der Waals surface area contributed by atoms with E-state index in [9.17, 15) is 9.18 Å². The highest BCUT2D eigenvalue weighted by Crippen LogP contribution is 2.49. The fraction of sp³-hybridized carbons (Fsp3) is 0.429. The zero-order valence-electron chi connectivity index (χ0n) is 14.7. The van der Waals surface area contributed by atoms with Crippen molar-refractivity contribution in [3.05, 3.63) is 65.7 Å². The van der Waals surface area contributed by atoms with Crippen LogP contribution in [0.2, 0.25) is 0 Å². The van der Waals surface area contributed by atoms with Gasteiger partial charge in [-0.05, 0) is 54.7 Å². The maximum absolute atomic E-state index is 13.5. The molecule has 136 valence electrons. The van der Waals surface area contributed by atoms with Gasteiger partial charge in [-0.15, -0.1) is 0 Å². The Morgan fingerprint density at radius 1 is 1.31 bits per heavy atom. The molecule has 1 saturated heterocycles. The SMILES string of the molecule is O=C(c1cccc(F)c1)N1C[C@@H]2CCC[C@]2(COCc2ccncc2)C1. The van der Waals surface area contributed by atoms with Crippen molar-refractivity contribution in [3.8, 4) is 0 Å². The Bertz CT molecular complexity index is 783. The van der Waals surface area contributed by atoms with E-state index in [0.29, 0.717) is 31.2 Å². The number of amides is 1. The number of likely N-dealkylation sites (tertiary alicyclic amines) is 1. The minimum atomic E-state index is -0.370. The fourth-order valence-corrected chi connectivity index (χ4v) is 4.46. The van der Waals surface area contributed by atoms with Crippen LogP contribution in [0.1, 0.15) is 35.2 Å². The van der Waals surface area contributed by atoms with Crippen LogP contribution in [0.25, 0.3) is 0 Å². The van der Waals surface area contributed by atoms with E-state index in [4.69, 9.17) is 4.74 Å². The van der Waals surface area contributed by atoms with Gasteiger partial charge in [-0.2, -0.15) is 0 Å². The first kappa shape index (κ1) is 17.2. The van der Waals surface area contributed by atoms with E-state index < -0.39 is 0 Å². The van der Waals surface area contributed by atoms with Gasteiger partial charge < -0.3 is 9.64 Å². The predicted octanol–water partition coefficient (Wildman–Crippen LogP) is 3.68. The molecule has 2 aromatic rings. The number of pyridine rings is 1. The fourth-order valence-electron chi connectivity index (χ4n) is 4.46. The van der Waals surface area contributed by atoms with Crippen LogP contribution in [-0.2, 0) is 11.3 Å². The summed E-state index contributed by atoms with van der Waals surface area (Å²) in [5.41, 5.74) is 1.57. The van der Waals surface area contributed by atoms with Crippen LogP contribution in [0.3, 0.4) is 0 Å². The summed E-state index contributed by atoms with van der Waals surface area (Å²) >= 11 is 0. The van der Waals surface area contributed by atoms with Crippen LogP contribution in [-0.4, -0.2) is 35.5 Å². The lowest BCUT2D eigenvalue weighted by Crippen LogP contribution is -2.34. The van der Waals surface area contributed by atoms with E-state index >= 15 is 0 Å². The van der Waals surface area contributed by atoms with Gasteiger partial charge in [-0.1, -0.05) is 12.5 Å². The van der Waals surface area contributed by atoms with Gasteiger partial charge in [0, 0.05) is 36.5 Å². The summed E-state index contributed by atoms with van der Waals surface area (Å²) in [7, 11) is 0. The summed E-state index contributed by atoms with van der Waals surface area (Å²) in [6.45, 7) is 2.67. The molecule has 0 bridgehead atoms. The molecule has 1 saturated carbocycles. The minimum absolute atomic E-state index is 0.0377. The molecule has 2 heterocycles. The molecule has 0 spiro atoms. The standard InChI is InChI=1S/C21H23FN2O2/c22-19-5-1-3-17(11-19)20(25)24-12-18-4-2-8-21(18,14-24)15-26-13-16-6-9-23-10-7-16/h1,3,5-7,9-11,18H,2,4,8,12-15H2/t18-,21+/m0/s1. The van der Waals surface area contributed by atoms with Crippen LogP contribution >= 0.6 is 0 Å². The molecule has 26 heavy (non-hydrogen) atoms. The summed E-state index contributed by atoms with van der Waals surface area (Å²) in [4.78, 5) is 18.7. The molecule has 1 aliphatic heterocycles. The van der Waals surface area contributed by atoms with Crippen molar-refractivity contribution in [2.24, 2.45) is 11.3 Å². The molecule has 0 unspecified atom stereocenters.